The molecule has 1 aromatic carbocycles. The van der Waals surface area contributed by atoms with E-state index < -0.39 is 0 Å². The fraction of sp³-hybridized carbons (Fsp3) is 0. The fourth-order valence-electron chi connectivity index (χ4n) is 1.63. The number of hydrogen-bond donors (Lipinski definition) is 1. The molecule has 1 radical (unpaired) electrons. The van der Waals surface area contributed by atoms with E-state index in [0.29, 0.717) is 15.6 Å². The van der Waals surface area contributed by atoms with Gasteiger partial charge in [-0.05, 0) is 28.5 Å². The van der Waals surface area contributed by atoms with Gasteiger partial charge in [-0.25, -0.2) is 4.98 Å². The van der Waals surface area contributed by atoms with E-state index in [1.165, 1.54) is 0 Å². The Morgan fingerprint density at radius 1 is 1.38 bits per heavy atom. The number of aromatic amines is 1. The van der Waals surface area contributed by atoms with Gasteiger partial charge < -0.3 is 4.98 Å². The second-order valence-electron chi connectivity index (χ2n) is 3.30. The van der Waals surface area contributed by atoms with Crippen LogP contribution in [-0.2, 0) is 0 Å². The van der Waals surface area contributed by atoms with Crippen LogP contribution in [0.15, 0.2) is 22.9 Å². The number of aromatic nitrogens is 2. The average molecular weight is 268 g/mol. The number of halogens is 2. The number of imidazole rings is 1. The summed E-state index contributed by atoms with van der Waals surface area (Å²) in [5.41, 5.74) is 3.35. The van der Waals surface area contributed by atoms with E-state index >= 15 is 0 Å². The molecule has 0 bridgehead atoms. The van der Waals surface area contributed by atoms with E-state index in [9.17, 15) is 0 Å². The van der Waals surface area contributed by atoms with Gasteiger partial charge in [-0.3, -0.25) is 0 Å². The number of nitrogens with zero attached hydrogens (tertiary/aromatic N) is 1. The molecule has 3 rings (SSSR count). The molecule has 0 saturated heterocycles. The van der Waals surface area contributed by atoms with Crippen LogP contribution in [0.1, 0.15) is 0 Å². The molecule has 2 aromatic heterocycles. The summed E-state index contributed by atoms with van der Waals surface area (Å²) >= 11 is 14.1. The third kappa shape index (κ3) is 1.44. The first-order chi connectivity index (χ1) is 7.77. The van der Waals surface area contributed by atoms with Crippen LogP contribution in [0.25, 0.3) is 22.2 Å². The Bertz CT molecular complexity index is 643. The van der Waals surface area contributed by atoms with Crippen molar-refractivity contribution in [3.63, 3.8) is 0 Å². The van der Waals surface area contributed by atoms with E-state index in [1.54, 1.807) is 11.3 Å². The van der Waals surface area contributed by atoms with Gasteiger partial charge in [-0.1, -0.05) is 23.2 Å². The minimum absolute atomic E-state index is 0.568. The Kier molecular flexibility index (Phi) is 2.39. The van der Waals surface area contributed by atoms with Gasteiger partial charge in [0.25, 0.3) is 0 Å². The molecule has 0 aliphatic rings. The predicted octanol–water partition coefficient (Wildman–Crippen LogP) is 4.40. The number of fused-ring (bicyclic) bond motifs is 1. The molecule has 0 fully saturated rings. The van der Waals surface area contributed by atoms with Crippen LogP contribution in [0.5, 0.6) is 0 Å². The Hall–Kier alpha value is -1.03. The number of nitrogens with one attached hydrogen (secondary N) is 1. The van der Waals surface area contributed by atoms with Gasteiger partial charge in [-0.2, -0.15) is 11.3 Å². The zero-order valence-corrected chi connectivity index (χ0v) is 10.2. The molecular weight excluding hydrogens is 263 g/mol. The fourth-order valence-corrected chi connectivity index (χ4v) is 2.99. The van der Waals surface area contributed by atoms with E-state index in [0.717, 1.165) is 16.6 Å². The van der Waals surface area contributed by atoms with Crippen molar-refractivity contribution in [1.82, 2.24) is 9.97 Å². The summed E-state index contributed by atoms with van der Waals surface area (Å²) in [6.07, 6.45) is 2.66. The molecule has 79 valence electrons. The molecule has 3 aromatic rings. The monoisotopic (exact) mass is 267 g/mol. The lowest BCUT2D eigenvalue weighted by atomic mass is 10.1. The van der Waals surface area contributed by atoms with Crippen LogP contribution < -0.4 is 0 Å². The third-order valence-electron chi connectivity index (χ3n) is 2.36. The molecule has 5 heteroatoms. The van der Waals surface area contributed by atoms with Gasteiger partial charge in [0.1, 0.15) is 5.52 Å². The quantitative estimate of drug-likeness (QED) is 0.696. The molecule has 16 heavy (non-hydrogen) atoms. The van der Waals surface area contributed by atoms with Gasteiger partial charge in [-0.15, -0.1) is 0 Å². The van der Waals surface area contributed by atoms with Crippen LogP contribution in [-0.4, -0.2) is 9.97 Å². The minimum Gasteiger partial charge on any atom is -0.335 e. The third-order valence-corrected chi connectivity index (χ3v) is 3.71. The summed E-state index contributed by atoms with van der Waals surface area (Å²) in [5, 5.41) is 5.19. The van der Waals surface area contributed by atoms with Crippen molar-refractivity contribution in [3.05, 3.63) is 39.3 Å². The van der Waals surface area contributed by atoms with Crippen LogP contribution in [0.3, 0.4) is 0 Å². The Morgan fingerprint density at radius 3 is 3.00 bits per heavy atom. The SMILES string of the molecule is Clc1cc2[nH][c]nc2c(Cl)c1-c1ccsc1. The molecule has 0 atom stereocenters. The lowest BCUT2D eigenvalue weighted by Crippen LogP contribution is -1.82. The Balaban J connectivity index is 2.39. The predicted molar refractivity (Wildman–Crippen MR) is 68.3 cm³/mol. The van der Waals surface area contributed by atoms with Crippen LogP contribution in [0, 0.1) is 6.33 Å². The summed E-state index contributed by atoms with van der Waals surface area (Å²) in [6, 6.07) is 3.80. The molecule has 0 spiro atoms. The van der Waals surface area contributed by atoms with E-state index in [2.05, 4.69) is 16.3 Å². The number of benzene rings is 1. The first kappa shape index (κ1) is 10.1. The molecule has 1 N–H and O–H groups in total. The molecule has 0 aliphatic carbocycles. The van der Waals surface area contributed by atoms with Gasteiger partial charge in [0.2, 0.25) is 0 Å². The lowest BCUT2D eigenvalue weighted by molar-refractivity contribution is 1.32. The Labute approximate surface area is 106 Å². The van der Waals surface area contributed by atoms with Crippen LogP contribution in [0.2, 0.25) is 10.0 Å². The number of hydrogen-bond acceptors (Lipinski definition) is 2. The van der Waals surface area contributed by atoms with Crippen molar-refractivity contribution in [1.29, 1.82) is 0 Å². The summed E-state index contributed by atoms with van der Waals surface area (Å²) in [7, 11) is 0. The maximum Gasteiger partial charge on any atom is 0.174 e. The maximum absolute atomic E-state index is 6.30. The summed E-state index contributed by atoms with van der Waals surface area (Å²) in [5.74, 6) is 0. The van der Waals surface area contributed by atoms with Gasteiger partial charge in [0.05, 0.1) is 15.6 Å². The number of rotatable bonds is 1. The maximum atomic E-state index is 6.30. The van der Waals surface area contributed by atoms with E-state index in [1.807, 2.05) is 22.9 Å². The first-order valence-electron chi connectivity index (χ1n) is 4.53. The summed E-state index contributed by atoms with van der Waals surface area (Å²) in [4.78, 5) is 6.93. The second kappa shape index (κ2) is 3.77. The zero-order valence-electron chi connectivity index (χ0n) is 7.92. The van der Waals surface area contributed by atoms with Crippen molar-refractivity contribution in [2.24, 2.45) is 0 Å². The van der Waals surface area contributed by atoms with Crippen molar-refractivity contribution in [3.8, 4) is 11.1 Å². The highest BCUT2D eigenvalue weighted by atomic mass is 35.5. The average Bonchev–Trinajstić information content (AvgIpc) is 2.87. The highest BCUT2D eigenvalue weighted by Gasteiger charge is 2.14. The highest BCUT2D eigenvalue weighted by Crippen LogP contribution is 2.39. The number of H-pyrrole nitrogens is 1. The first-order valence-corrected chi connectivity index (χ1v) is 6.23. The van der Waals surface area contributed by atoms with Crippen LogP contribution in [0.4, 0.5) is 0 Å². The van der Waals surface area contributed by atoms with Gasteiger partial charge >= 0.3 is 0 Å². The van der Waals surface area contributed by atoms with Gasteiger partial charge in [0.15, 0.2) is 6.33 Å². The highest BCUT2D eigenvalue weighted by molar-refractivity contribution is 7.08. The smallest absolute Gasteiger partial charge is 0.174 e. The molecule has 2 heterocycles. The van der Waals surface area contributed by atoms with Crippen molar-refractivity contribution in [2.75, 3.05) is 0 Å². The van der Waals surface area contributed by atoms with Gasteiger partial charge in [0, 0.05) is 5.56 Å². The molecule has 0 amide bonds. The van der Waals surface area contributed by atoms with Crippen LogP contribution >= 0.6 is 34.5 Å². The summed E-state index contributed by atoms with van der Waals surface area (Å²) < 4.78 is 0. The largest absolute Gasteiger partial charge is 0.335 e. The van der Waals surface area contributed by atoms with E-state index in [4.69, 9.17) is 23.2 Å². The minimum atomic E-state index is 0.568. The molecular formula is C11H5Cl2N2S. The number of thiophene rings is 1. The molecule has 2 nitrogen and oxygen atoms in total. The molecule has 0 saturated carbocycles. The zero-order chi connectivity index (χ0) is 11.1. The molecule has 0 aliphatic heterocycles. The van der Waals surface area contributed by atoms with Crippen molar-refractivity contribution in [2.45, 2.75) is 0 Å². The molecule has 0 unspecified atom stereocenters. The second-order valence-corrected chi connectivity index (χ2v) is 4.87. The topological polar surface area (TPSA) is 28.7 Å². The van der Waals surface area contributed by atoms with Crippen molar-refractivity contribution >= 4 is 45.6 Å². The standard InChI is InChI=1S/C11H5Cl2N2S/c12-7-3-8-11(15-5-14-8)10(13)9(7)6-1-2-16-4-6/h1-4H,(H,14,15). The Morgan fingerprint density at radius 2 is 2.25 bits per heavy atom. The van der Waals surface area contributed by atoms with E-state index in [-0.39, 0.29) is 0 Å². The normalized spacial score (nSPS) is 11.1. The lowest BCUT2D eigenvalue weighted by Gasteiger charge is -2.05. The summed E-state index contributed by atoms with van der Waals surface area (Å²) in [6.45, 7) is 0. The van der Waals surface area contributed by atoms with Crippen molar-refractivity contribution < 1.29 is 0 Å².